The van der Waals surface area contributed by atoms with Gasteiger partial charge in [-0.05, 0) is 6.07 Å². The Morgan fingerprint density at radius 3 is 2.10 bits per heavy atom. The van der Waals surface area contributed by atoms with Gasteiger partial charge in [-0.15, -0.1) is 23.5 Å². The molecule has 0 saturated carbocycles. The van der Waals surface area contributed by atoms with Crippen molar-refractivity contribution >= 4 is 35.2 Å². The maximum atomic E-state index is 13.1. The lowest BCUT2D eigenvalue weighted by Crippen LogP contribution is -2.29. The molecule has 0 radical (unpaired) electrons. The summed E-state index contributed by atoms with van der Waals surface area (Å²) < 4.78 is 26.3. The van der Waals surface area contributed by atoms with Crippen molar-refractivity contribution in [2.45, 2.75) is 23.3 Å². The second-order valence-electron chi connectivity index (χ2n) is 6.28. The highest BCUT2D eigenvalue weighted by molar-refractivity contribution is 8.00. The standard InChI is InChI=1S/C8H10FN3O3S.C8H11N3O3S/c9-4-1-12(8(14)11-7(4)10)5-3-16-6(2-13)15-5;9-5-1-2-11(8(13)10-5)6-4-15-7(3-12)14-6/h1,5-6,13H,2-3H2,(H2,10,11,14);1-2,6-7,12H,3-4H2,(H2,9,10,13)/t5-,6+;6-,7+/m00/s1. The van der Waals surface area contributed by atoms with E-state index in [9.17, 15) is 14.0 Å². The monoisotopic (exact) mass is 476 g/mol. The van der Waals surface area contributed by atoms with Crippen LogP contribution in [-0.4, -0.2) is 64.9 Å². The molecule has 0 amide bonds. The summed E-state index contributed by atoms with van der Waals surface area (Å²) in [5.41, 5.74) is 8.77. The predicted molar refractivity (Wildman–Crippen MR) is 113 cm³/mol. The normalized spacial score (nSPS) is 25.3. The van der Waals surface area contributed by atoms with E-state index >= 15 is 0 Å². The fraction of sp³-hybridized carbons (Fsp3) is 0.500. The molecule has 4 rings (SSSR count). The number of aliphatic hydroxyl groups is 2. The number of hydrogen-bond acceptors (Lipinski definition) is 12. The second kappa shape index (κ2) is 10.4. The number of anilines is 2. The van der Waals surface area contributed by atoms with E-state index in [1.807, 2.05) is 0 Å². The van der Waals surface area contributed by atoms with Gasteiger partial charge in [0.05, 0.1) is 19.4 Å². The number of aliphatic hydroxyl groups excluding tert-OH is 2. The van der Waals surface area contributed by atoms with Crippen LogP contribution in [0.4, 0.5) is 16.0 Å². The Hall–Kier alpha value is -2.17. The van der Waals surface area contributed by atoms with Crippen LogP contribution in [0.3, 0.4) is 0 Å². The van der Waals surface area contributed by atoms with Gasteiger partial charge in [-0.1, -0.05) is 0 Å². The van der Waals surface area contributed by atoms with Crippen LogP contribution >= 0.6 is 23.5 Å². The van der Waals surface area contributed by atoms with E-state index in [2.05, 4.69) is 9.97 Å². The van der Waals surface area contributed by atoms with Crippen LogP contribution in [0.2, 0.25) is 0 Å². The average molecular weight is 477 g/mol. The third-order valence-corrected chi connectivity index (χ3v) is 6.39. The number of thioether (sulfide) groups is 2. The zero-order valence-electron chi connectivity index (χ0n) is 16.0. The van der Waals surface area contributed by atoms with Gasteiger partial charge in [-0.3, -0.25) is 9.13 Å². The summed E-state index contributed by atoms with van der Waals surface area (Å²) >= 11 is 2.82. The number of nitrogens with two attached hydrogens (primary N) is 2. The maximum Gasteiger partial charge on any atom is 0.351 e. The Balaban J connectivity index is 0.000000176. The van der Waals surface area contributed by atoms with Crippen LogP contribution in [0.5, 0.6) is 0 Å². The van der Waals surface area contributed by atoms with Gasteiger partial charge in [-0.25, -0.2) is 14.0 Å². The van der Waals surface area contributed by atoms with E-state index in [-0.39, 0.29) is 30.7 Å². The molecule has 2 aromatic heterocycles. The molecule has 170 valence electrons. The number of nitrogens with zero attached hydrogens (tertiary/aromatic N) is 4. The SMILES string of the molecule is Nc1ccn([C@@H]2CS[C@H](CO)O2)c(=O)n1.Nc1nc(=O)n([C@@H]2CS[C@H](CO)O2)cc1F. The predicted octanol–water partition coefficient (Wildman–Crippen LogP) is -1.05. The van der Waals surface area contributed by atoms with Crippen molar-refractivity contribution in [1.29, 1.82) is 0 Å². The minimum atomic E-state index is -0.763. The summed E-state index contributed by atoms with van der Waals surface area (Å²) in [5.74, 6) is 0.0826. The van der Waals surface area contributed by atoms with E-state index in [0.29, 0.717) is 11.5 Å². The van der Waals surface area contributed by atoms with E-state index in [0.717, 1.165) is 10.8 Å². The molecule has 2 aliphatic rings. The van der Waals surface area contributed by atoms with Crippen molar-refractivity contribution < 1.29 is 24.1 Å². The molecule has 0 spiro atoms. The van der Waals surface area contributed by atoms with Crippen LogP contribution in [0.25, 0.3) is 0 Å². The van der Waals surface area contributed by atoms with Crippen LogP contribution < -0.4 is 22.8 Å². The van der Waals surface area contributed by atoms with E-state index in [1.54, 1.807) is 12.3 Å². The van der Waals surface area contributed by atoms with Crippen LogP contribution in [-0.2, 0) is 9.47 Å². The molecule has 12 nitrogen and oxygen atoms in total. The molecule has 31 heavy (non-hydrogen) atoms. The highest BCUT2D eigenvalue weighted by Crippen LogP contribution is 2.31. The summed E-state index contributed by atoms with van der Waals surface area (Å²) in [4.78, 5) is 29.8. The number of aromatic nitrogens is 4. The van der Waals surface area contributed by atoms with Crippen molar-refractivity contribution in [2.75, 3.05) is 36.2 Å². The van der Waals surface area contributed by atoms with Gasteiger partial charge >= 0.3 is 11.4 Å². The highest BCUT2D eigenvalue weighted by Gasteiger charge is 2.28. The smallest absolute Gasteiger partial charge is 0.351 e. The van der Waals surface area contributed by atoms with Gasteiger partial charge in [0.1, 0.15) is 29.1 Å². The van der Waals surface area contributed by atoms with E-state index in [1.165, 1.54) is 28.1 Å². The first-order valence-corrected chi connectivity index (χ1v) is 11.1. The molecule has 4 heterocycles. The third kappa shape index (κ3) is 5.75. The molecule has 6 N–H and O–H groups in total. The Kier molecular flexibility index (Phi) is 7.90. The molecule has 2 aromatic rings. The Bertz CT molecular complexity index is 1020. The number of halogens is 1. The summed E-state index contributed by atoms with van der Waals surface area (Å²) in [6.45, 7) is -0.209. The average Bonchev–Trinajstić information content (AvgIpc) is 3.40. The molecule has 15 heteroatoms. The van der Waals surface area contributed by atoms with Gasteiger partial charge in [-0.2, -0.15) is 9.97 Å². The minimum Gasteiger partial charge on any atom is -0.393 e. The van der Waals surface area contributed by atoms with Crippen LogP contribution in [0.15, 0.2) is 28.0 Å². The van der Waals surface area contributed by atoms with Crippen LogP contribution in [0.1, 0.15) is 12.5 Å². The van der Waals surface area contributed by atoms with Crippen molar-refractivity contribution in [1.82, 2.24) is 19.1 Å². The Morgan fingerprint density at radius 1 is 1.03 bits per heavy atom. The van der Waals surface area contributed by atoms with E-state index in [4.69, 9.17) is 31.2 Å². The van der Waals surface area contributed by atoms with Gasteiger partial charge in [0.15, 0.2) is 11.6 Å². The maximum absolute atomic E-state index is 13.1. The molecule has 0 unspecified atom stereocenters. The molecular formula is C16H21FN6O6S2. The number of ether oxygens (including phenoxy) is 2. The first-order chi connectivity index (χ1) is 14.8. The fourth-order valence-electron chi connectivity index (χ4n) is 2.68. The summed E-state index contributed by atoms with van der Waals surface area (Å²) in [5, 5.41) is 17.7. The van der Waals surface area contributed by atoms with Crippen molar-refractivity contribution in [3.05, 3.63) is 45.2 Å². The van der Waals surface area contributed by atoms with Crippen LogP contribution in [0, 0.1) is 5.82 Å². The van der Waals surface area contributed by atoms with Gasteiger partial charge in [0.2, 0.25) is 0 Å². The molecular weight excluding hydrogens is 455 g/mol. The first-order valence-electron chi connectivity index (χ1n) is 8.97. The highest BCUT2D eigenvalue weighted by atomic mass is 32.2. The third-order valence-electron chi connectivity index (χ3n) is 4.17. The molecule has 2 saturated heterocycles. The quantitative estimate of drug-likeness (QED) is 0.421. The molecule has 0 aliphatic carbocycles. The summed E-state index contributed by atoms with van der Waals surface area (Å²) in [7, 11) is 0. The van der Waals surface area contributed by atoms with Gasteiger partial charge < -0.3 is 31.2 Å². The largest absolute Gasteiger partial charge is 0.393 e. The zero-order chi connectivity index (χ0) is 22.5. The Labute approximate surface area is 183 Å². The number of nitrogen functional groups attached to an aromatic ring is 2. The topological polar surface area (TPSA) is 181 Å². The van der Waals surface area contributed by atoms with Crippen molar-refractivity contribution in [2.24, 2.45) is 0 Å². The molecule has 2 aliphatic heterocycles. The summed E-state index contributed by atoms with van der Waals surface area (Å²) in [6.07, 6.45) is 1.54. The van der Waals surface area contributed by atoms with E-state index < -0.39 is 34.7 Å². The zero-order valence-corrected chi connectivity index (χ0v) is 17.7. The lowest BCUT2D eigenvalue weighted by atomic mass is 10.5. The molecule has 0 bridgehead atoms. The number of rotatable bonds is 4. The van der Waals surface area contributed by atoms with Gasteiger partial charge in [0.25, 0.3) is 0 Å². The number of hydrogen-bond donors (Lipinski definition) is 4. The van der Waals surface area contributed by atoms with Crippen molar-refractivity contribution in [3.63, 3.8) is 0 Å². The Morgan fingerprint density at radius 2 is 1.58 bits per heavy atom. The molecule has 4 atom stereocenters. The second-order valence-corrected chi connectivity index (χ2v) is 8.66. The van der Waals surface area contributed by atoms with Crippen molar-refractivity contribution in [3.8, 4) is 0 Å². The fourth-order valence-corrected chi connectivity index (χ4v) is 4.54. The first kappa shape index (κ1) is 23.5. The lowest BCUT2D eigenvalue weighted by molar-refractivity contribution is -0.00677. The molecule has 2 fully saturated rings. The summed E-state index contributed by atoms with van der Waals surface area (Å²) in [6, 6.07) is 1.54. The molecule has 0 aromatic carbocycles. The minimum absolute atomic E-state index is 0.0572. The lowest BCUT2D eigenvalue weighted by Gasteiger charge is -2.13. The van der Waals surface area contributed by atoms with Gasteiger partial charge in [0, 0.05) is 17.7 Å².